The molecule has 0 heterocycles. The zero-order valence-corrected chi connectivity index (χ0v) is 8.97. The highest BCUT2D eigenvalue weighted by Crippen LogP contribution is 2.26. The molecule has 1 aromatic carbocycles. The predicted molar refractivity (Wildman–Crippen MR) is 55.7 cm³/mol. The van der Waals surface area contributed by atoms with Crippen LogP contribution in [0.5, 0.6) is 5.75 Å². The number of nitrogens with two attached hydrogens (primary N) is 1. The predicted octanol–water partition coefficient (Wildman–Crippen LogP) is 2.25. The topological polar surface area (TPSA) is 52.3 Å². The third-order valence-electron chi connectivity index (χ3n) is 1.60. The lowest BCUT2D eigenvalue weighted by molar-refractivity contribution is -0.123. The minimum absolute atomic E-state index is 0.376. The zero-order chi connectivity index (χ0) is 10.7. The van der Waals surface area contributed by atoms with Crippen molar-refractivity contribution in [3.8, 4) is 5.75 Å². The Morgan fingerprint density at radius 1 is 1.43 bits per heavy atom. The summed E-state index contributed by atoms with van der Waals surface area (Å²) >= 11 is 11.4. The summed E-state index contributed by atoms with van der Waals surface area (Å²) in [7, 11) is 0. The summed E-state index contributed by atoms with van der Waals surface area (Å²) in [5, 5.41) is 0.812. The molecule has 2 N–H and O–H groups in total. The summed E-state index contributed by atoms with van der Waals surface area (Å²) in [5.74, 6) is -0.0678. The first-order valence-electron chi connectivity index (χ1n) is 3.91. The van der Waals surface area contributed by atoms with Crippen molar-refractivity contribution in [3.05, 3.63) is 28.2 Å². The van der Waals surface area contributed by atoms with Crippen LogP contribution in [0.1, 0.15) is 6.92 Å². The van der Waals surface area contributed by atoms with E-state index in [1.807, 2.05) is 0 Å². The van der Waals surface area contributed by atoms with Crippen molar-refractivity contribution in [2.75, 3.05) is 0 Å². The van der Waals surface area contributed by atoms with Gasteiger partial charge < -0.3 is 10.5 Å². The molecule has 1 atom stereocenters. The Labute approximate surface area is 91.7 Å². The molecule has 1 rings (SSSR count). The lowest BCUT2D eigenvalue weighted by Crippen LogP contribution is -2.30. The van der Waals surface area contributed by atoms with Gasteiger partial charge in [0.1, 0.15) is 5.75 Å². The van der Waals surface area contributed by atoms with Crippen LogP contribution in [-0.4, -0.2) is 12.0 Å². The molecule has 0 radical (unpaired) electrons. The van der Waals surface area contributed by atoms with E-state index in [1.165, 1.54) is 6.07 Å². The maximum absolute atomic E-state index is 10.7. The molecule has 1 aromatic rings. The van der Waals surface area contributed by atoms with Gasteiger partial charge in [-0.3, -0.25) is 4.79 Å². The third kappa shape index (κ3) is 2.79. The van der Waals surface area contributed by atoms with Gasteiger partial charge in [-0.15, -0.1) is 0 Å². The van der Waals surface area contributed by atoms with Crippen LogP contribution in [0.2, 0.25) is 10.0 Å². The molecule has 5 heteroatoms. The number of hydrogen-bond donors (Lipinski definition) is 1. The quantitative estimate of drug-likeness (QED) is 0.871. The highest BCUT2D eigenvalue weighted by atomic mass is 35.5. The second-order valence-corrected chi connectivity index (χ2v) is 3.55. The summed E-state index contributed by atoms with van der Waals surface area (Å²) in [4.78, 5) is 10.7. The van der Waals surface area contributed by atoms with Crippen LogP contribution in [0, 0.1) is 0 Å². The highest BCUT2D eigenvalue weighted by molar-refractivity contribution is 6.42. The molecule has 0 saturated heterocycles. The van der Waals surface area contributed by atoms with Crippen LogP contribution in [0.15, 0.2) is 18.2 Å². The first-order chi connectivity index (χ1) is 6.50. The number of hydrogen-bond acceptors (Lipinski definition) is 2. The molecular weight excluding hydrogens is 225 g/mol. The lowest BCUT2D eigenvalue weighted by atomic mass is 10.3. The SMILES string of the molecule is C[C@@H](Oc1ccc(Cl)c(Cl)c1)C(N)=O. The molecular formula is C9H9Cl2NO2. The van der Waals surface area contributed by atoms with Crippen molar-refractivity contribution in [3.63, 3.8) is 0 Å². The first kappa shape index (κ1) is 11.1. The van der Waals surface area contributed by atoms with Crippen LogP contribution in [0.4, 0.5) is 0 Å². The van der Waals surface area contributed by atoms with Crippen molar-refractivity contribution >= 4 is 29.1 Å². The van der Waals surface area contributed by atoms with Crippen LogP contribution in [-0.2, 0) is 4.79 Å². The normalized spacial score (nSPS) is 12.2. The van der Waals surface area contributed by atoms with Gasteiger partial charge >= 0.3 is 0 Å². The first-order valence-corrected chi connectivity index (χ1v) is 4.67. The average molecular weight is 234 g/mol. The second-order valence-electron chi connectivity index (χ2n) is 2.74. The van der Waals surface area contributed by atoms with Crippen molar-refractivity contribution in [1.82, 2.24) is 0 Å². The lowest BCUT2D eigenvalue weighted by Gasteiger charge is -2.11. The summed E-state index contributed by atoms with van der Waals surface area (Å²) in [6.45, 7) is 1.56. The van der Waals surface area contributed by atoms with E-state index in [2.05, 4.69) is 0 Å². The number of benzene rings is 1. The van der Waals surface area contributed by atoms with Crippen molar-refractivity contribution in [2.24, 2.45) is 5.73 Å². The van der Waals surface area contributed by atoms with E-state index in [4.69, 9.17) is 33.7 Å². The monoisotopic (exact) mass is 233 g/mol. The fourth-order valence-electron chi connectivity index (χ4n) is 0.812. The van der Waals surface area contributed by atoms with E-state index in [1.54, 1.807) is 19.1 Å². The molecule has 14 heavy (non-hydrogen) atoms. The Kier molecular flexibility index (Phi) is 3.61. The van der Waals surface area contributed by atoms with Crippen LogP contribution in [0.25, 0.3) is 0 Å². The van der Waals surface area contributed by atoms with Crippen molar-refractivity contribution < 1.29 is 9.53 Å². The maximum atomic E-state index is 10.7. The van der Waals surface area contributed by atoms with Gasteiger partial charge in [0.05, 0.1) is 10.0 Å². The standard InChI is InChI=1S/C9H9Cl2NO2/c1-5(9(12)13)14-6-2-3-7(10)8(11)4-6/h2-5H,1H3,(H2,12,13)/t5-/m1/s1. The Morgan fingerprint density at radius 3 is 2.57 bits per heavy atom. The third-order valence-corrected chi connectivity index (χ3v) is 2.34. The molecule has 0 fully saturated rings. The van der Waals surface area contributed by atoms with E-state index in [9.17, 15) is 4.79 Å². The number of primary amides is 1. The Bertz CT molecular complexity index is 355. The van der Waals surface area contributed by atoms with Gasteiger partial charge in [-0.1, -0.05) is 23.2 Å². The van der Waals surface area contributed by atoms with E-state index in [0.29, 0.717) is 15.8 Å². The van der Waals surface area contributed by atoms with E-state index >= 15 is 0 Å². The molecule has 0 aliphatic heterocycles. The molecule has 0 bridgehead atoms. The zero-order valence-electron chi connectivity index (χ0n) is 7.46. The fraction of sp³-hybridized carbons (Fsp3) is 0.222. The maximum Gasteiger partial charge on any atom is 0.258 e. The van der Waals surface area contributed by atoms with E-state index < -0.39 is 12.0 Å². The Balaban J connectivity index is 2.78. The molecule has 0 aromatic heterocycles. The van der Waals surface area contributed by atoms with Gasteiger partial charge in [0.25, 0.3) is 5.91 Å². The molecule has 0 aliphatic carbocycles. The minimum atomic E-state index is -0.688. The largest absolute Gasteiger partial charge is 0.481 e. The number of amides is 1. The van der Waals surface area contributed by atoms with Crippen LogP contribution >= 0.6 is 23.2 Å². The number of carbonyl (C=O) groups is 1. The van der Waals surface area contributed by atoms with Crippen LogP contribution in [0.3, 0.4) is 0 Å². The summed E-state index contributed by atoms with van der Waals surface area (Å²) in [6, 6.07) is 4.74. The Morgan fingerprint density at radius 2 is 2.07 bits per heavy atom. The number of rotatable bonds is 3. The molecule has 0 unspecified atom stereocenters. The summed E-state index contributed by atoms with van der Waals surface area (Å²) < 4.78 is 5.19. The smallest absolute Gasteiger partial charge is 0.258 e. The van der Waals surface area contributed by atoms with E-state index in [0.717, 1.165) is 0 Å². The van der Waals surface area contributed by atoms with Gasteiger partial charge in [0, 0.05) is 6.07 Å². The number of carbonyl (C=O) groups excluding carboxylic acids is 1. The molecule has 1 amide bonds. The van der Waals surface area contributed by atoms with Gasteiger partial charge in [-0.25, -0.2) is 0 Å². The number of ether oxygens (including phenoxy) is 1. The number of halogens is 2. The second kappa shape index (κ2) is 4.53. The van der Waals surface area contributed by atoms with Crippen molar-refractivity contribution in [2.45, 2.75) is 13.0 Å². The van der Waals surface area contributed by atoms with Gasteiger partial charge in [0.2, 0.25) is 0 Å². The van der Waals surface area contributed by atoms with Crippen LogP contribution < -0.4 is 10.5 Å². The highest BCUT2D eigenvalue weighted by Gasteiger charge is 2.10. The Hall–Kier alpha value is -0.930. The van der Waals surface area contributed by atoms with Gasteiger partial charge in [-0.2, -0.15) is 0 Å². The minimum Gasteiger partial charge on any atom is -0.481 e. The van der Waals surface area contributed by atoms with E-state index in [-0.39, 0.29) is 0 Å². The molecule has 76 valence electrons. The summed E-state index contributed by atoms with van der Waals surface area (Å²) in [5.41, 5.74) is 5.03. The van der Waals surface area contributed by atoms with Crippen molar-refractivity contribution in [1.29, 1.82) is 0 Å². The molecule has 3 nitrogen and oxygen atoms in total. The molecule has 0 spiro atoms. The van der Waals surface area contributed by atoms with Gasteiger partial charge in [-0.05, 0) is 19.1 Å². The summed E-state index contributed by atoms with van der Waals surface area (Å²) in [6.07, 6.45) is -0.688. The fourth-order valence-corrected chi connectivity index (χ4v) is 1.10. The molecule has 0 aliphatic rings. The van der Waals surface area contributed by atoms with Gasteiger partial charge in [0.15, 0.2) is 6.10 Å². The molecule has 0 saturated carbocycles. The average Bonchev–Trinajstić information content (AvgIpc) is 2.11.